The van der Waals surface area contributed by atoms with Crippen molar-refractivity contribution in [2.24, 2.45) is 5.92 Å². The minimum Gasteiger partial charge on any atom is -0.748 e. The Kier molecular flexibility index (Phi) is 7.41. The minimum absolute atomic E-state index is 0.0693. The molecule has 2 aliphatic rings. The summed E-state index contributed by atoms with van der Waals surface area (Å²) in [6.07, 6.45) is 0.0840. The zero-order valence-electron chi connectivity index (χ0n) is 19.8. The van der Waals surface area contributed by atoms with E-state index in [9.17, 15) is 29.2 Å². The highest BCUT2D eigenvalue weighted by Crippen LogP contribution is 2.25. The second-order valence-electron chi connectivity index (χ2n) is 8.76. The molecule has 0 bridgehead atoms. The molecule has 0 spiro atoms. The maximum absolute atomic E-state index is 13.0. The molecule has 36 heavy (non-hydrogen) atoms. The Morgan fingerprint density at radius 3 is 2.00 bits per heavy atom. The highest BCUT2D eigenvalue weighted by Gasteiger charge is 2.39. The van der Waals surface area contributed by atoms with E-state index in [1.54, 1.807) is 60.7 Å². The van der Waals surface area contributed by atoms with Crippen LogP contribution in [0.1, 0.15) is 32.6 Å². The molecule has 188 valence electrons. The van der Waals surface area contributed by atoms with Crippen LogP contribution in [0.4, 0.5) is 16.2 Å². The molecule has 2 aromatic rings. The molecule has 11 heteroatoms. The summed E-state index contributed by atoms with van der Waals surface area (Å²) in [7, 11) is 0. The van der Waals surface area contributed by atoms with Crippen molar-refractivity contribution in [1.82, 2.24) is 15.2 Å². The van der Waals surface area contributed by atoms with Crippen molar-refractivity contribution < 1.29 is 24.0 Å². The van der Waals surface area contributed by atoms with Crippen molar-refractivity contribution >= 4 is 41.0 Å². The molecular weight excluding hydrogens is 466 g/mol. The fourth-order valence-corrected chi connectivity index (χ4v) is 4.26. The molecule has 2 aromatic carbocycles. The Labute approximate surface area is 208 Å². The second-order valence-corrected chi connectivity index (χ2v) is 8.76. The second kappa shape index (κ2) is 10.7. The molecular formula is C25H26N5O6-. The molecule has 2 fully saturated rings. The third-order valence-electron chi connectivity index (χ3n) is 6.06. The molecule has 11 nitrogen and oxygen atoms in total. The molecule has 2 aliphatic heterocycles. The van der Waals surface area contributed by atoms with Crippen LogP contribution in [0.15, 0.2) is 60.7 Å². The number of nitrogens with zero attached hydrogens (tertiary/aromatic N) is 5. The van der Waals surface area contributed by atoms with E-state index in [2.05, 4.69) is 0 Å². The van der Waals surface area contributed by atoms with Crippen molar-refractivity contribution in [1.29, 1.82) is 0 Å². The summed E-state index contributed by atoms with van der Waals surface area (Å²) in [5, 5.41) is 15.0. The van der Waals surface area contributed by atoms with Crippen molar-refractivity contribution in [2.75, 3.05) is 23.0 Å². The Bertz CT molecular complexity index is 1160. The third kappa shape index (κ3) is 5.11. The van der Waals surface area contributed by atoms with Gasteiger partial charge in [0.2, 0.25) is 17.7 Å². The lowest BCUT2D eigenvalue weighted by Crippen LogP contribution is -2.60. The van der Waals surface area contributed by atoms with Crippen LogP contribution in [0.3, 0.4) is 0 Å². The monoisotopic (exact) mass is 492 g/mol. The Hall–Kier alpha value is -4.09. The standard InChI is InChI=1S/C25H26N5O6/c1-18(17-26-21(31)15-23(33)28(25(26)35)19-10-4-2-5-11-19)9-8-14-27-22(32)16-24(34)29(30(27)36)20-12-6-3-7-13-20/h2-7,10-13,18H,8-9,14-17H2,1H3/q-1. The molecule has 0 saturated carbocycles. The molecule has 4 rings (SSSR count). The first kappa shape index (κ1) is 25.0. The summed E-state index contributed by atoms with van der Waals surface area (Å²) >= 11 is 0. The van der Waals surface area contributed by atoms with Crippen LogP contribution < -0.4 is 9.91 Å². The van der Waals surface area contributed by atoms with Crippen molar-refractivity contribution in [3.63, 3.8) is 0 Å². The smallest absolute Gasteiger partial charge is 0.338 e. The molecule has 0 aliphatic carbocycles. The molecule has 0 N–H and O–H groups in total. The van der Waals surface area contributed by atoms with E-state index in [0.29, 0.717) is 24.2 Å². The Morgan fingerprint density at radius 1 is 0.778 bits per heavy atom. The molecule has 6 amide bonds. The zero-order chi connectivity index (χ0) is 25.8. The first-order valence-electron chi connectivity index (χ1n) is 11.7. The molecule has 0 aromatic heterocycles. The van der Waals surface area contributed by atoms with E-state index in [4.69, 9.17) is 0 Å². The number of anilines is 2. The lowest BCUT2D eigenvalue weighted by atomic mass is 10.0. The average molecular weight is 493 g/mol. The van der Waals surface area contributed by atoms with E-state index in [1.807, 2.05) is 6.92 Å². The SMILES string of the molecule is CC(CCCN1C(=O)CC(=O)N(c2ccccc2)N1[O-])CN1C(=O)CC(=O)N(c2ccccc2)C1=O. The number of urea groups is 1. The van der Waals surface area contributed by atoms with Gasteiger partial charge in [-0.05, 0) is 43.0 Å². The van der Waals surface area contributed by atoms with Gasteiger partial charge in [-0.1, -0.05) is 43.3 Å². The fourth-order valence-electron chi connectivity index (χ4n) is 4.26. The molecule has 0 radical (unpaired) electrons. The highest BCUT2D eigenvalue weighted by atomic mass is 16.6. The Balaban J connectivity index is 1.35. The van der Waals surface area contributed by atoms with Gasteiger partial charge in [0.05, 0.1) is 11.4 Å². The number of hydrogen-bond acceptors (Lipinski definition) is 7. The normalized spacial score (nSPS) is 18.3. The molecule has 2 saturated heterocycles. The van der Waals surface area contributed by atoms with Crippen LogP contribution in [-0.4, -0.2) is 57.9 Å². The maximum atomic E-state index is 13.0. The van der Waals surface area contributed by atoms with E-state index in [0.717, 1.165) is 19.8 Å². The number of carbonyl (C=O) groups excluding carboxylic acids is 5. The predicted octanol–water partition coefficient (Wildman–Crippen LogP) is 2.68. The highest BCUT2D eigenvalue weighted by molar-refractivity contribution is 6.26. The quantitative estimate of drug-likeness (QED) is 0.519. The number of hydrogen-bond donors (Lipinski definition) is 0. The van der Waals surface area contributed by atoms with E-state index >= 15 is 0 Å². The number of hydrazine groups is 2. The third-order valence-corrected chi connectivity index (χ3v) is 6.06. The van der Waals surface area contributed by atoms with Gasteiger partial charge in [0.15, 0.2) is 0 Å². The fraction of sp³-hybridized carbons (Fsp3) is 0.320. The van der Waals surface area contributed by atoms with Gasteiger partial charge in [-0.15, -0.1) is 0 Å². The van der Waals surface area contributed by atoms with Crippen molar-refractivity contribution in [3.05, 3.63) is 65.9 Å². The molecule has 1 atom stereocenters. The summed E-state index contributed by atoms with van der Waals surface area (Å²) in [6.45, 7) is 2.01. The largest absolute Gasteiger partial charge is 0.748 e. The van der Waals surface area contributed by atoms with Crippen LogP contribution in [0, 0.1) is 11.1 Å². The topological polar surface area (TPSA) is 125 Å². The first-order chi connectivity index (χ1) is 17.3. The van der Waals surface area contributed by atoms with E-state index in [-0.39, 0.29) is 24.3 Å². The van der Waals surface area contributed by atoms with Crippen molar-refractivity contribution in [3.8, 4) is 0 Å². The van der Waals surface area contributed by atoms with Crippen LogP contribution in [0.25, 0.3) is 0 Å². The van der Waals surface area contributed by atoms with E-state index in [1.165, 1.54) is 0 Å². The summed E-state index contributed by atoms with van der Waals surface area (Å²) in [5.41, 5.74) is 0.761. The molecule has 1 unspecified atom stereocenters. The van der Waals surface area contributed by atoms with Gasteiger partial charge in [0.1, 0.15) is 12.8 Å². The average Bonchev–Trinajstić information content (AvgIpc) is 2.85. The van der Waals surface area contributed by atoms with Gasteiger partial charge in [0.25, 0.3) is 5.91 Å². The lowest BCUT2D eigenvalue weighted by Gasteiger charge is -2.49. The van der Waals surface area contributed by atoms with Crippen LogP contribution in [-0.2, 0) is 19.2 Å². The van der Waals surface area contributed by atoms with Gasteiger partial charge < -0.3 is 5.21 Å². The molecule has 2 heterocycles. The van der Waals surface area contributed by atoms with Crippen LogP contribution in [0.2, 0.25) is 0 Å². The number of benzene rings is 2. The number of para-hydroxylation sites is 2. The number of barbiturate groups is 1. The van der Waals surface area contributed by atoms with Gasteiger partial charge in [-0.25, -0.2) is 14.7 Å². The van der Waals surface area contributed by atoms with Gasteiger partial charge in [-0.2, -0.15) is 5.28 Å². The summed E-state index contributed by atoms with van der Waals surface area (Å²) < 4.78 is 0. The first-order valence-corrected chi connectivity index (χ1v) is 11.7. The number of amides is 6. The lowest BCUT2D eigenvalue weighted by molar-refractivity contribution is -0.157. The van der Waals surface area contributed by atoms with Crippen molar-refractivity contribution in [2.45, 2.75) is 32.6 Å². The zero-order valence-corrected chi connectivity index (χ0v) is 19.8. The maximum Gasteiger partial charge on any atom is 0.338 e. The van der Waals surface area contributed by atoms with Crippen LogP contribution >= 0.6 is 0 Å². The summed E-state index contributed by atoms with van der Waals surface area (Å²) in [5.74, 6) is -2.48. The minimum atomic E-state index is -0.691. The predicted molar refractivity (Wildman–Crippen MR) is 130 cm³/mol. The number of carbonyl (C=O) groups is 5. The summed E-state index contributed by atoms with van der Waals surface area (Å²) in [4.78, 5) is 64.6. The van der Waals surface area contributed by atoms with E-state index < -0.39 is 42.5 Å². The number of imide groups is 2. The van der Waals surface area contributed by atoms with Gasteiger partial charge >= 0.3 is 6.03 Å². The Morgan fingerprint density at radius 2 is 1.36 bits per heavy atom. The van der Waals surface area contributed by atoms with Crippen LogP contribution in [0.5, 0.6) is 0 Å². The number of rotatable bonds is 8. The van der Waals surface area contributed by atoms with Gasteiger partial charge in [-0.3, -0.25) is 29.1 Å². The summed E-state index contributed by atoms with van der Waals surface area (Å²) in [6, 6.07) is 16.1. The van der Waals surface area contributed by atoms with Gasteiger partial charge in [0, 0.05) is 13.1 Å².